The number of carbonyl (C=O) groups excluding carboxylic acids is 1. The number of amides is 1. The lowest BCUT2D eigenvalue weighted by Crippen LogP contribution is -2.24. The largest absolute Gasteiger partial charge is 0.346 e. The molecule has 0 fully saturated rings. The van der Waals surface area contributed by atoms with E-state index in [1.807, 2.05) is 6.92 Å². The number of hydrogen-bond acceptors (Lipinski definition) is 1. The second kappa shape index (κ2) is 3.47. The molecule has 2 heteroatoms. The molecule has 0 aliphatic carbocycles. The topological polar surface area (TPSA) is 20.3 Å². The van der Waals surface area contributed by atoms with Crippen molar-refractivity contribution >= 4 is 5.91 Å². The maximum absolute atomic E-state index is 10.6. The Bertz CT molecular complexity index is 80.6. The van der Waals surface area contributed by atoms with E-state index in [1.165, 1.54) is 0 Å². The Balaban J connectivity index is 3.46. The van der Waals surface area contributed by atoms with Crippen LogP contribution in [0.2, 0.25) is 0 Å². The van der Waals surface area contributed by atoms with Crippen molar-refractivity contribution in [3.8, 4) is 0 Å². The summed E-state index contributed by atoms with van der Waals surface area (Å²) >= 11 is 0. The van der Waals surface area contributed by atoms with Crippen molar-refractivity contribution in [3.63, 3.8) is 0 Å². The minimum absolute atomic E-state index is 0.104. The molecular weight excluding hydrogens is 102 g/mol. The molecule has 8 heavy (non-hydrogen) atoms. The van der Waals surface area contributed by atoms with Gasteiger partial charge in [0, 0.05) is 20.0 Å². The van der Waals surface area contributed by atoms with Crippen LogP contribution in [0.3, 0.4) is 0 Å². The van der Waals surface area contributed by atoms with E-state index in [4.69, 9.17) is 0 Å². The first-order valence-corrected chi connectivity index (χ1v) is 2.75. The van der Waals surface area contributed by atoms with Gasteiger partial charge in [0.25, 0.3) is 0 Å². The summed E-state index contributed by atoms with van der Waals surface area (Å²) in [4.78, 5) is 12.3. The molecule has 0 unspecified atom stereocenters. The second-order valence-electron chi connectivity index (χ2n) is 1.66. The van der Waals surface area contributed by atoms with Crippen molar-refractivity contribution in [1.82, 2.24) is 4.90 Å². The van der Waals surface area contributed by atoms with Gasteiger partial charge in [-0.15, -0.1) is 0 Å². The summed E-state index contributed by atoms with van der Waals surface area (Å²) in [6.07, 6.45) is 0.365. The minimum atomic E-state index is 0.104. The van der Waals surface area contributed by atoms with Gasteiger partial charge < -0.3 is 4.90 Å². The lowest BCUT2D eigenvalue weighted by Gasteiger charge is -2.11. The summed E-state index contributed by atoms with van der Waals surface area (Å²) in [6, 6.07) is 0. The lowest BCUT2D eigenvalue weighted by atomic mass is 10.4. The highest BCUT2D eigenvalue weighted by Crippen LogP contribution is 1.85. The smallest absolute Gasteiger partial charge is 0.222 e. The van der Waals surface area contributed by atoms with Crippen LogP contribution < -0.4 is 0 Å². The van der Waals surface area contributed by atoms with E-state index in [9.17, 15) is 4.79 Å². The third-order valence-electron chi connectivity index (χ3n) is 1.11. The highest BCUT2D eigenvalue weighted by atomic mass is 16.2. The first-order valence-electron chi connectivity index (χ1n) is 2.75. The SMILES string of the molecule is [CH2]CC(=O)N(C)CC. The van der Waals surface area contributed by atoms with Crippen molar-refractivity contribution in [1.29, 1.82) is 0 Å². The third kappa shape index (κ3) is 1.96. The fourth-order valence-electron chi connectivity index (χ4n) is 0.367. The van der Waals surface area contributed by atoms with Crippen molar-refractivity contribution in [2.75, 3.05) is 13.6 Å². The standard InChI is InChI=1S/C6H12NO/c1-4-6(8)7(3)5-2/h1,4-5H2,2-3H3. The van der Waals surface area contributed by atoms with E-state index < -0.39 is 0 Å². The van der Waals surface area contributed by atoms with Crippen molar-refractivity contribution in [2.45, 2.75) is 13.3 Å². The van der Waals surface area contributed by atoms with Gasteiger partial charge in [0.1, 0.15) is 0 Å². The maximum Gasteiger partial charge on any atom is 0.222 e. The number of nitrogens with zero attached hydrogens (tertiary/aromatic N) is 1. The molecule has 0 bridgehead atoms. The highest BCUT2D eigenvalue weighted by molar-refractivity contribution is 5.76. The molecule has 2 nitrogen and oxygen atoms in total. The van der Waals surface area contributed by atoms with Crippen LogP contribution in [0.5, 0.6) is 0 Å². The van der Waals surface area contributed by atoms with Crippen LogP contribution in [-0.4, -0.2) is 24.4 Å². The zero-order valence-electron chi connectivity index (χ0n) is 5.48. The average Bonchev–Trinajstić information content (AvgIpc) is 1.84. The molecule has 0 atom stereocenters. The van der Waals surface area contributed by atoms with Crippen LogP contribution >= 0.6 is 0 Å². The fourth-order valence-corrected chi connectivity index (χ4v) is 0.367. The van der Waals surface area contributed by atoms with Gasteiger partial charge >= 0.3 is 0 Å². The number of carbonyl (C=O) groups is 1. The highest BCUT2D eigenvalue weighted by Gasteiger charge is 1.99. The molecule has 0 spiro atoms. The predicted octanol–water partition coefficient (Wildman–Crippen LogP) is 0.689. The van der Waals surface area contributed by atoms with Gasteiger partial charge in [0.2, 0.25) is 5.91 Å². The van der Waals surface area contributed by atoms with Gasteiger partial charge in [-0.05, 0) is 13.8 Å². The molecule has 0 aliphatic rings. The van der Waals surface area contributed by atoms with E-state index in [1.54, 1.807) is 11.9 Å². The second-order valence-corrected chi connectivity index (χ2v) is 1.66. The van der Waals surface area contributed by atoms with Crippen LogP contribution in [0.15, 0.2) is 0 Å². The lowest BCUT2D eigenvalue weighted by molar-refractivity contribution is -0.128. The van der Waals surface area contributed by atoms with E-state index in [0.717, 1.165) is 6.54 Å². The Morgan fingerprint density at radius 3 is 2.38 bits per heavy atom. The molecule has 47 valence electrons. The summed E-state index contributed by atoms with van der Waals surface area (Å²) < 4.78 is 0. The molecule has 0 heterocycles. The van der Waals surface area contributed by atoms with Crippen molar-refractivity contribution in [3.05, 3.63) is 6.92 Å². The van der Waals surface area contributed by atoms with Gasteiger partial charge in [0.05, 0.1) is 0 Å². The maximum atomic E-state index is 10.6. The molecule has 0 aromatic heterocycles. The van der Waals surface area contributed by atoms with E-state index in [-0.39, 0.29) is 5.91 Å². The zero-order valence-corrected chi connectivity index (χ0v) is 5.48. The molecule has 0 saturated carbocycles. The molecule has 0 aromatic carbocycles. The molecular formula is C6H12NO. The van der Waals surface area contributed by atoms with E-state index >= 15 is 0 Å². The zero-order chi connectivity index (χ0) is 6.57. The molecule has 0 aromatic rings. The van der Waals surface area contributed by atoms with Crippen LogP contribution in [0.4, 0.5) is 0 Å². The fraction of sp³-hybridized carbons (Fsp3) is 0.667. The summed E-state index contributed by atoms with van der Waals surface area (Å²) in [6.45, 7) is 6.17. The van der Waals surface area contributed by atoms with Gasteiger partial charge in [0.15, 0.2) is 0 Å². The predicted molar refractivity (Wildman–Crippen MR) is 33.3 cm³/mol. The number of hydrogen-bond donors (Lipinski definition) is 0. The average molecular weight is 114 g/mol. The van der Waals surface area contributed by atoms with Crippen LogP contribution in [0.1, 0.15) is 13.3 Å². The minimum Gasteiger partial charge on any atom is -0.346 e. The normalized spacial score (nSPS) is 8.88. The van der Waals surface area contributed by atoms with E-state index in [0.29, 0.717) is 6.42 Å². The Labute approximate surface area is 50.5 Å². The first-order chi connectivity index (χ1) is 3.72. The summed E-state index contributed by atoms with van der Waals surface area (Å²) in [5, 5.41) is 0. The Morgan fingerprint density at radius 1 is 1.75 bits per heavy atom. The summed E-state index contributed by atoms with van der Waals surface area (Å²) in [5.41, 5.74) is 0. The first kappa shape index (κ1) is 7.47. The van der Waals surface area contributed by atoms with Gasteiger partial charge in [-0.2, -0.15) is 0 Å². The summed E-state index contributed by atoms with van der Waals surface area (Å²) in [7, 11) is 1.77. The van der Waals surface area contributed by atoms with Crippen molar-refractivity contribution < 1.29 is 4.79 Å². The molecule has 0 N–H and O–H groups in total. The van der Waals surface area contributed by atoms with E-state index in [2.05, 4.69) is 6.92 Å². The van der Waals surface area contributed by atoms with Crippen LogP contribution in [-0.2, 0) is 4.79 Å². The number of rotatable bonds is 2. The Kier molecular flexibility index (Phi) is 3.24. The van der Waals surface area contributed by atoms with Gasteiger partial charge in [-0.1, -0.05) is 0 Å². The quantitative estimate of drug-likeness (QED) is 0.517. The Morgan fingerprint density at radius 2 is 2.25 bits per heavy atom. The van der Waals surface area contributed by atoms with Gasteiger partial charge in [-0.25, -0.2) is 0 Å². The Hall–Kier alpha value is -0.530. The van der Waals surface area contributed by atoms with Gasteiger partial charge in [-0.3, -0.25) is 4.79 Å². The monoisotopic (exact) mass is 114 g/mol. The molecule has 1 radical (unpaired) electrons. The van der Waals surface area contributed by atoms with Crippen LogP contribution in [0.25, 0.3) is 0 Å². The summed E-state index contributed by atoms with van der Waals surface area (Å²) in [5.74, 6) is 0.104. The van der Waals surface area contributed by atoms with Crippen molar-refractivity contribution in [2.24, 2.45) is 0 Å². The molecule has 0 aliphatic heterocycles. The molecule has 0 rings (SSSR count). The van der Waals surface area contributed by atoms with Crippen LogP contribution in [0, 0.1) is 6.92 Å². The molecule has 1 amide bonds. The molecule has 0 saturated heterocycles. The third-order valence-corrected chi connectivity index (χ3v) is 1.11.